The molecule has 1 aromatic carbocycles. The first-order valence-corrected chi connectivity index (χ1v) is 10.4. The Kier molecular flexibility index (Phi) is 6.91. The van der Waals surface area contributed by atoms with Crippen molar-refractivity contribution in [1.82, 2.24) is 14.8 Å². The van der Waals surface area contributed by atoms with Gasteiger partial charge in [0.05, 0.1) is 12.4 Å². The monoisotopic (exact) mass is 403 g/mol. The number of esters is 1. The molecule has 0 atom stereocenters. The molecule has 0 unspecified atom stereocenters. The van der Waals surface area contributed by atoms with Gasteiger partial charge in [0.1, 0.15) is 12.2 Å². The maximum atomic E-state index is 12.2. The molecule has 9 heteroatoms. The van der Waals surface area contributed by atoms with Crippen LogP contribution >= 0.6 is 11.8 Å². The molecule has 0 spiro atoms. The fourth-order valence-electron chi connectivity index (χ4n) is 3.02. The molecule has 1 aliphatic rings. The van der Waals surface area contributed by atoms with E-state index >= 15 is 0 Å². The van der Waals surface area contributed by atoms with Crippen LogP contribution in [0, 0.1) is 0 Å². The van der Waals surface area contributed by atoms with Gasteiger partial charge in [-0.3, -0.25) is 9.59 Å². The van der Waals surface area contributed by atoms with Gasteiger partial charge in [0.2, 0.25) is 5.91 Å². The van der Waals surface area contributed by atoms with Crippen molar-refractivity contribution < 1.29 is 14.3 Å². The molecule has 0 saturated carbocycles. The highest BCUT2D eigenvalue weighted by atomic mass is 32.2. The van der Waals surface area contributed by atoms with E-state index in [2.05, 4.69) is 20.4 Å². The summed E-state index contributed by atoms with van der Waals surface area (Å²) >= 11 is 1.28. The van der Waals surface area contributed by atoms with Crippen molar-refractivity contribution >= 4 is 35.0 Å². The average Bonchev–Trinajstić information content (AvgIpc) is 3.32. The number of carbonyl (C=O) groups is 2. The molecule has 0 radical (unpaired) electrons. The number of hydrogen-bond donors (Lipinski definition) is 1. The molecule has 1 fully saturated rings. The van der Waals surface area contributed by atoms with Crippen molar-refractivity contribution in [2.24, 2.45) is 7.05 Å². The van der Waals surface area contributed by atoms with E-state index in [0.717, 1.165) is 18.8 Å². The minimum Gasteiger partial charge on any atom is -0.466 e. The summed E-state index contributed by atoms with van der Waals surface area (Å²) in [7, 11) is 1.77. The Morgan fingerprint density at radius 2 is 1.89 bits per heavy atom. The number of carbonyl (C=O) groups excluding carboxylic acids is 2. The molecular weight excluding hydrogens is 378 g/mol. The molecule has 3 rings (SSSR count). The van der Waals surface area contributed by atoms with E-state index in [0.29, 0.717) is 17.6 Å². The van der Waals surface area contributed by atoms with Crippen LogP contribution in [0.1, 0.15) is 25.6 Å². The third-order valence-corrected chi connectivity index (χ3v) is 5.51. The Labute approximate surface area is 168 Å². The van der Waals surface area contributed by atoms with Crippen molar-refractivity contribution in [3.63, 3.8) is 0 Å². The van der Waals surface area contributed by atoms with E-state index in [1.165, 1.54) is 30.3 Å². The van der Waals surface area contributed by atoms with Crippen molar-refractivity contribution in [2.75, 3.05) is 35.7 Å². The number of benzene rings is 1. The normalized spacial score (nSPS) is 13.6. The van der Waals surface area contributed by atoms with Gasteiger partial charge in [-0.15, -0.1) is 10.2 Å². The Morgan fingerprint density at radius 1 is 1.18 bits per heavy atom. The quantitative estimate of drug-likeness (QED) is 0.534. The van der Waals surface area contributed by atoms with E-state index in [1.54, 1.807) is 18.5 Å². The van der Waals surface area contributed by atoms with E-state index in [4.69, 9.17) is 4.74 Å². The van der Waals surface area contributed by atoms with Crippen LogP contribution in [-0.2, 0) is 27.8 Å². The zero-order chi connectivity index (χ0) is 19.9. The van der Waals surface area contributed by atoms with Crippen LogP contribution in [0.5, 0.6) is 0 Å². The predicted molar refractivity (Wildman–Crippen MR) is 109 cm³/mol. The van der Waals surface area contributed by atoms with Crippen LogP contribution in [0.4, 0.5) is 11.4 Å². The molecule has 1 saturated heterocycles. The molecule has 1 N–H and O–H groups in total. The lowest BCUT2D eigenvalue weighted by atomic mass is 10.2. The molecule has 8 nitrogen and oxygen atoms in total. The minimum atomic E-state index is -0.343. The summed E-state index contributed by atoms with van der Waals surface area (Å²) in [5, 5.41) is 11.5. The Bertz CT molecular complexity index is 815. The third kappa shape index (κ3) is 5.25. The lowest BCUT2D eigenvalue weighted by Gasteiger charge is -2.17. The number of amides is 1. The third-order valence-electron chi connectivity index (χ3n) is 4.49. The number of nitrogens with zero attached hydrogens (tertiary/aromatic N) is 4. The van der Waals surface area contributed by atoms with Gasteiger partial charge in [0, 0.05) is 31.5 Å². The molecule has 0 bridgehead atoms. The molecule has 1 aromatic heterocycles. The van der Waals surface area contributed by atoms with Crippen LogP contribution in [0.15, 0.2) is 29.4 Å². The second-order valence-electron chi connectivity index (χ2n) is 6.52. The van der Waals surface area contributed by atoms with E-state index in [-0.39, 0.29) is 24.1 Å². The van der Waals surface area contributed by atoms with Gasteiger partial charge < -0.3 is 19.5 Å². The van der Waals surface area contributed by atoms with Crippen LogP contribution in [0.25, 0.3) is 0 Å². The van der Waals surface area contributed by atoms with E-state index in [9.17, 15) is 9.59 Å². The van der Waals surface area contributed by atoms with E-state index < -0.39 is 0 Å². The molecule has 150 valence electrons. The van der Waals surface area contributed by atoms with Gasteiger partial charge in [-0.25, -0.2) is 0 Å². The summed E-state index contributed by atoms with van der Waals surface area (Å²) in [5.41, 5.74) is 1.97. The average molecular weight is 404 g/mol. The van der Waals surface area contributed by atoms with Crippen molar-refractivity contribution in [3.8, 4) is 0 Å². The highest BCUT2D eigenvalue weighted by Crippen LogP contribution is 2.22. The van der Waals surface area contributed by atoms with Crippen LogP contribution in [0.3, 0.4) is 0 Å². The number of nitrogens with one attached hydrogen (secondary N) is 1. The van der Waals surface area contributed by atoms with Gasteiger partial charge >= 0.3 is 5.97 Å². The molecule has 0 aliphatic carbocycles. The first kappa shape index (κ1) is 20.2. The smallest absolute Gasteiger partial charge is 0.313 e. The number of thioether (sulfide) groups is 1. The maximum absolute atomic E-state index is 12.2. The topological polar surface area (TPSA) is 89.3 Å². The number of anilines is 2. The van der Waals surface area contributed by atoms with Gasteiger partial charge in [0.15, 0.2) is 5.16 Å². The number of ether oxygens (including phenoxy) is 1. The summed E-state index contributed by atoms with van der Waals surface area (Å²) in [5.74, 6) is 0.261. The lowest BCUT2D eigenvalue weighted by Crippen LogP contribution is -2.18. The standard InChI is InChI=1S/C19H25N5O3S/c1-3-27-18(26)12-16-21-22-19(23(16)2)28-13-17(25)20-14-6-8-15(9-7-14)24-10-4-5-11-24/h6-9H,3-5,10-13H2,1-2H3,(H,20,25). The summed E-state index contributed by atoms with van der Waals surface area (Å²) in [6, 6.07) is 7.93. The Hall–Kier alpha value is -2.55. The zero-order valence-electron chi connectivity index (χ0n) is 16.2. The highest BCUT2D eigenvalue weighted by molar-refractivity contribution is 7.99. The van der Waals surface area contributed by atoms with Crippen LogP contribution in [0.2, 0.25) is 0 Å². The van der Waals surface area contributed by atoms with Crippen LogP contribution in [-0.4, -0.2) is 52.1 Å². The van der Waals surface area contributed by atoms with Gasteiger partial charge in [-0.1, -0.05) is 11.8 Å². The SMILES string of the molecule is CCOC(=O)Cc1nnc(SCC(=O)Nc2ccc(N3CCCC3)cc2)n1C. The molecule has 1 amide bonds. The largest absolute Gasteiger partial charge is 0.466 e. The molecule has 2 heterocycles. The van der Waals surface area contributed by atoms with Gasteiger partial charge in [-0.05, 0) is 44.0 Å². The number of hydrogen-bond acceptors (Lipinski definition) is 7. The highest BCUT2D eigenvalue weighted by Gasteiger charge is 2.15. The number of rotatable bonds is 8. The first-order valence-electron chi connectivity index (χ1n) is 9.38. The fourth-order valence-corrected chi connectivity index (χ4v) is 3.75. The Balaban J connectivity index is 1.49. The van der Waals surface area contributed by atoms with Crippen molar-refractivity contribution in [1.29, 1.82) is 0 Å². The van der Waals surface area contributed by atoms with Gasteiger partial charge in [-0.2, -0.15) is 0 Å². The first-order chi connectivity index (χ1) is 13.6. The second-order valence-corrected chi connectivity index (χ2v) is 7.46. The molecular formula is C19H25N5O3S. The number of aromatic nitrogens is 3. The van der Waals surface area contributed by atoms with Crippen molar-refractivity contribution in [2.45, 2.75) is 31.3 Å². The molecule has 28 heavy (non-hydrogen) atoms. The summed E-state index contributed by atoms with van der Waals surface area (Å²) in [6.07, 6.45) is 2.53. The summed E-state index contributed by atoms with van der Waals surface area (Å²) < 4.78 is 6.63. The fraction of sp³-hybridized carbons (Fsp3) is 0.474. The predicted octanol–water partition coefficient (Wildman–Crippen LogP) is 2.25. The van der Waals surface area contributed by atoms with Gasteiger partial charge in [0.25, 0.3) is 0 Å². The summed E-state index contributed by atoms with van der Waals surface area (Å²) in [6.45, 7) is 4.28. The molecule has 1 aliphatic heterocycles. The Morgan fingerprint density at radius 3 is 2.57 bits per heavy atom. The maximum Gasteiger partial charge on any atom is 0.313 e. The van der Waals surface area contributed by atoms with Crippen LogP contribution < -0.4 is 10.2 Å². The molecule has 2 aromatic rings. The second kappa shape index (κ2) is 9.59. The van der Waals surface area contributed by atoms with Crippen molar-refractivity contribution in [3.05, 3.63) is 30.1 Å². The van der Waals surface area contributed by atoms with E-state index in [1.807, 2.05) is 24.3 Å². The minimum absolute atomic E-state index is 0.0630. The zero-order valence-corrected chi connectivity index (χ0v) is 17.0. The lowest BCUT2D eigenvalue weighted by molar-refractivity contribution is -0.142. The summed E-state index contributed by atoms with van der Waals surface area (Å²) in [4.78, 5) is 26.2.